The van der Waals surface area contributed by atoms with Gasteiger partial charge in [-0.05, 0) is 42.7 Å². The molecule has 4 rings (SSSR count). The second-order valence-electron chi connectivity index (χ2n) is 8.11. The van der Waals surface area contributed by atoms with E-state index in [1.165, 1.54) is 36.4 Å². The number of aliphatic hydroxyl groups excluding tert-OH is 1. The van der Waals surface area contributed by atoms with E-state index >= 15 is 0 Å². The average molecular weight is 480 g/mol. The first kappa shape index (κ1) is 24.0. The van der Waals surface area contributed by atoms with Crippen molar-refractivity contribution in [2.24, 2.45) is 0 Å². The Bertz CT molecular complexity index is 1240. The Morgan fingerprint density at radius 2 is 1.91 bits per heavy atom. The summed E-state index contributed by atoms with van der Waals surface area (Å²) >= 11 is 0. The van der Waals surface area contributed by atoms with Gasteiger partial charge in [-0.1, -0.05) is 24.3 Å². The normalized spacial score (nSPS) is 17.6. The van der Waals surface area contributed by atoms with Gasteiger partial charge in [0.2, 0.25) is 0 Å². The number of allylic oxidation sites excluding steroid dienone is 1. The zero-order valence-electron chi connectivity index (χ0n) is 18.6. The fraction of sp³-hybridized carbons (Fsp3) is 0.280. The maximum absolute atomic E-state index is 13.8. The topological polar surface area (TPSA) is 114 Å². The van der Waals surface area contributed by atoms with Crippen LogP contribution in [-0.2, 0) is 4.79 Å². The molecule has 1 atom stereocenters. The number of rotatable bonds is 6. The van der Waals surface area contributed by atoms with E-state index in [0.717, 1.165) is 9.80 Å². The number of carbonyl (C=O) groups excluding carboxylic acids is 3. The number of Topliss-reactive ketones (excluding diaryl/α,β-unsaturated/α-hetero) is 1. The third-order valence-electron chi connectivity index (χ3n) is 5.96. The second-order valence-corrected chi connectivity index (χ2v) is 8.11. The third-order valence-corrected chi connectivity index (χ3v) is 5.96. The van der Waals surface area contributed by atoms with Gasteiger partial charge in [0.05, 0.1) is 23.4 Å². The van der Waals surface area contributed by atoms with Crippen molar-refractivity contribution in [2.45, 2.75) is 31.7 Å². The SMILES string of the molecule is N#Cc1ccc([C@@H]2C3=C(CCC3=O)N(c3cccc(C(F)F)c3)C(=O)N2C(=O)NCCCO)cc1. The summed E-state index contributed by atoms with van der Waals surface area (Å²) in [5.41, 5.74) is 1.25. The standard InChI is InChI=1S/C25H22F2N4O4/c26-23(27)17-3-1-4-18(13-17)30-19-9-10-20(33)21(19)22(16-7-5-15(14-28)6-8-16)31(25(30)35)24(34)29-11-2-12-32/h1,3-8,13,22-23,32H,2,9-12H2,(H,29,34)/t22-/m1/s1. The van der Waals surface area contributed by atoms with Crippen LogP contribution >= 0.6 is 0 Å². The van der Waals surface area contributed by atoms with E-state index in [4.69, 9.17) is 10.4 Å². The largest absolute Gasteiger partial charge is 0.396 e. The molecule has 0 aromatic heterocycles. The zero-order valence-corrected chi connectivity index (χ0v) is 18.6. The average Bonchev–Trinajstić information content (AvgIpc) is 3.24. The predicted molar refractivity (Wildman–Crippen MR) is 121 cm³/mol. The van der Waals surface area contributed by atoms with Crippen LogP contribution in [0.25, 0.3) is 0 Å². The van der Waals surface area contributed by atoms with E-state index in [2.05, 4.69) is 5.32 Å². The summed E-state index contributed by atoms with van der Waals surface area (Å²) in [6.07, 6.45) is -2.19. The van der Waals surface area contributed by atoms with Gasteiger partial charge in [0.1, 0.15) is 0 Å². The number of halogens is 2. The molecular formula is C25H22F2N4O4. The maximum Gasteiger partial charge on any atom is 0.337 e. The van der Waals surface area contributed by atoms with E-state index in [0.29, 0.717) is 16.8 Å². The van der Waals surface area contributed by atoms with E-state index in [1.807, 2.05) is 6.07 Å². The third kappa shape index (κ3) is 4.50. The van der Waals surface area contributed by atoms with Gasteiger partial charge in [0, 0.05) is 36.4 Å². The molecule has 2 N–H and O–H groups in total. The number of anilines is 1. The van der Waals surface area contributed by atoms with E-state index in [1.54, 1.807) is 12.1 Å². The van der Waals surface area contributed by atoms with Crippen LogP contribution in [-0.4, -0.2) is 41.0 Å². The fourth-order valence-corrected chi connectivity index (χ4v) is 4.35. The van der Waals surface area contributed by atoms with Crippen molar-refractivity contribution in [3.05, 3.63) is 76.5 Å². The number of urea groups is 2. The minimum Gasteiger partial charge on any atom is -0.396 e. The van der Waals surface area contributed by atoms with Crippen LogP contribution in [0.4, 0.5) is 24.1 Å². The summed E-state index contributed by atoms with van der Waals surface area (Å²) in [6, 6.07) is 10.8. The van der Waals surface area contributed by atoms with Gasteiger partial charge in [-0.25, -0.2) is 23.3 Å². The van der Waals surface area contributed by atoms with Crippen LogP contribution in [0.2, 0.25) is 0 Å². The number of nitriles is 1. The van der Waals surface area contributed by atoms with Crippen molar-refractivity contribution >= 4 is 23.5 Å². The van der Waals surface area contributed by atoms with Crippen LogP contribution in [0.3, 0.4) is 0 Å². The second kappa shape index (κ2) is 10.0. The highest BCUT2D eigenvalue weighted by molar-refractivity contribution is 6.12. The van der Waals surface area contributed by atoms with Gasteiger partial charge >= 0.3 is 12.1 Å². The van der Waals surface area contributed by atoms with Crippen LogP contribution in [0, 0.1) is 11.3 Å². The van der Waals surface area contributed by atoms with Crippen LogP contribution in [0.1, 0.15) is 48.4 Å². The summed E-state index contributed by atoms with van der Waals surface area (Å²) < 4.78 is 26.8. The van der Waals surface area contributed by atoms with E-state index < -0.39 is 24.5 Å². The van der Waals surface area contributed by atoms with Gasteiger partial charge in [-0.3, -0.25) is 9.69 Å². The lowest BCUT2D eigenvalue weighted by molar-refractivity contribution is -0.115. The predicted octanol–water partition coefficient (Wildman–Crippen LogP) is 4.19. The molecule has 0 fully saturated rings. The molecule has 180 valence electrons. The molecule has 35 heavy (non-hydrogen) atoms. The first-order valence-corrected chi connectivity index (χ1v) is 11.0. The highest BCUT2D eigenvalue weighted by Crippen LogP contribution is 2.45. The van der Waals surface area contributed by atoms with Crippen LogP contribution < -0.4 is 10.2 Å². The Morgan fingerprint density at radius 1 is 1.17 bits per heavy atom. The Labute approximate surface area is 200 Å². The molecular weight excluding hydrogens is 458 g/mol. The summed E-state index contributed by atoms with van der Waals surface area (Å²) in [5.74, 6) is -0.259. The number of alkyl halides is 2. The number of amides is 4. The number of imide groups is 1. The number of ketones is 1. The molecule has 0 radical (unpaired) electrons. The lowest BCUT2D eigenvalue weighted by atomic mass is 9.92. The van der Waals surface area contributed by atoms with Crippen molar-refractivity contribution in [3.63, 3.8) is 0 Å². The Kier molecular flexibility index (Phi) is 6.89. The van der Waals surface area contributed by atoms with Crippen molar-refractivity contribution in [2.75, 3.05) is 18.1 Å². The fourth-order valence-electron chi connectivity index (χ4n) is 4.35. The molecule has 0 spiro atoms. The summed E-state index contributed by atoms with van der Waals surface area (Å²) in [4.78, 5) is 42.1. The molecule has 2 aromatic rings. The van der Waals surface area contributed by atoms with E-state index in [-0.39, 0.29) is 55.0 Å². The zero-order chi connectivity index (χ0) is 25.1. The highest BCUT2D eigenvalue weighted by Gasteiger charge is 2.48. The van der Waals surface area contributed by atoms with E-state index in [9.17, 15) is 23.2 Å². The Hall–Kier alpha value is -4.10. The quantitative estimate of drug-likeness (QED) is 0.602. The van der Waals surface area contributed by atoms with Crippen molar-refractivity contribution in [1.29, 1.82) is 5.26 Å². The van der Waals surface area contributed by atoms with Crippen molar-refractivity contribution in [1.82, 2.24) is 10.2 Å². The molecule has 2 aromatic carbocycles. The monoisotopic (exact) mass is 480 g/mol. The van der Waals surface area contributed by atoms with Crippen LogP contribution in [0.5, 0.6) is 0 Å². The Balaban J connectivity index is 1.87. The summed E-state index contributed by atoms with van der Waals surface area (Å²) in [6.45, 7) is -0.0898. The molecule has 8 nitrogen and oxygen atoms in total. The van der Waals surface area contributed by atoms with Gasteiger partial charge in [0.15, 0.2) is 5.78 Å². The first-order valence-electron chi connectivity index (χ1n) is 11.0. The van der Waals surface area contributed by atoms with Gasteiger partial charge in [0.25, 0.3) is 6.43 Å². The molecule has 0 bridgehead atoms. The number of hydrogen-bond donors (Lipinski definition) is 2. The number of nitrogens with zero attached hydrogens (tertiary/aromatic N) is 3. The molecule has 0 saturated heterocycles. The summed E-state index contributed by atoms with van der Waals surface area (Å²) in [5, 5.41) is 20.8. The Morgan fingerprint density at radius 3 is 2.57 bits per heavy atom. The molecule has 2 aliphatic rings. The summed E-state index contributed by atoms with van der Waals surface area (Å²) in [7, 11) is 0. The van der Waals surface area contributed by atoms with Gasteiger partial charge in [-0.15, -0.1) is 0 Å². The number of benzene rings is 2. The molecule has 1 heterocycles. The van der Waals surface area contributed by atoms with Crippen molar-refractivity contribution < 1.29 is 28.3 Å². The minimum absolute atomic E-state index is 0.0833. The molecule has 1 aliphatic heterocycles. The molecule has 4 amide bonds. The van der Waals surface area contributed by atoms with Gasteiger partial charge in [-0.2, -0.15) is 5.26 Å². The molecule has 0 unspecified atom stereocenters. The molecule has 10 heteroatoms. The smallest absolute Gasteiger partial charge is 0.337 e. The number of hydrogen-bond acceptors (Lipinski definition) is 5. The lowest BCUT2D eigenvalue weighted by Gasteiger charge is -2.41. The van der Waals surface area contributed by atoms with Crippen molar-refractivity contribution in [3.8, 4) is 6.07 Å². The maximum atomic E-state index is 13.8. The number of aliphatic hydroxyl groups is 1. The number of carbonyl (C=O) groups is 3. The van der Waals surface area contributed by atoms with Gasteiger partial charge < -0.3 is 10.4 Å². The number of nitrogens with one attached hydrogen (secondary N) is 1. The molecule has 0 saturated carbocycles. The lowest BCUT2D eigenvalue weighted by Crippen LogP contribution is -2.55. The molecule has 1 aliphatic carbocycles. The minimum atomic E-state index is -2.77. The first-order chi connectivity index (χ1) is 16.9. The van der Waals surface area contributed by atoms with Crippen LogP contribution in [0.15, 0.2) is 59.8 Å². The highest BCUT2D eigenvalue weighted by atomic mass is 19.3.